The first-order valence-electron chi connectivity index (χ1n) is 12.3. The summed E-state index contributed by atoms with van der Waals surface area (Å²) in [6.07, 6.45) is -4.47. The van der Waals surface area contributed by atoms with Gasteiger partial charge in [-0.1, -0.05) is 33.8 Å². The lowest BCUT2D eigenvalue weighted by atomic mass is 10.1. The number of hydrogen-bond acceptors (Lipinski definition) is 12. The lowest BCUT2D eigenvalue weighted by Gasteiger charge is -2.19. The Kier molecular flexibility index (Phi) is 13.4. The number of carbonyl (C=O) groups is 4. The Labute approximate surface area is 223 Å². The van der Waals surface area contributed by atoms with Gasteiger partial charge in [-0.25, -0.2) is 14.4 Å². The van der Waals surface area contributed by atoms with Crippen LogP contribution in [0.15, 0.2) is 18.2 Å². The number of ether oxygens (including phenoxy) is 7. The van der Waals surface area contributed by atoms with Crippen molar-refractivity contribution < 1.29 is 52.3 Å². The van der Waals surface area contributed by atoms with Crippen LogP contribution in [-0.2, 0) is 34.9 Å². The summed E-state index contributed by atoms with van der Waals surface area (Å²) in [5.41, 5.74) is 6.45. The fourth-order valence-corrected chi connectivity index (χ4v) is 2.54. The molecule has 38 heavy (non-hydrogen) atoms. The molecule has 1 aromatic carbocycles. The molecule has 0 saturated carbocycles. The van der Waals surface area contributed by atoms with E-state index in [4.69, 9.17) is 34.2 Å². The molecule has 1 aromatic rings. The number of esters is 1. The predicted molar refractivity (Wildman–Crippen MR) is 135 cm³/mol. The predicted octanol–water partition coefficient (Wildman–Crippen LogP) is 4.39. The van der Waals surface area contributed by atoms with Crippen LogP contribution in [0.3, 0.4) is 0 Å². The van der Waals surface area contributed by atoms with Crippen molar-refractivity contribution in [2.24, 2.45) is 17.6 Å². The maximum absolute atomic E-state index is 12.4. The van der Waals surface area contributed by atoms with E-state index in [-0.39, 0.29) is 36.4 Å². The standard InChI is InChI=1S/C26H39NO11/c1-14(2)17(6)35-25(30)37-21-10-9-19(12-22(21)38-26(31)36-18(7)15(3)4)11-20(27)23(28)33-13-16(5)34-24(29)32-8/h9-10,12,14-18,20H,11,13,27H2,1-8H3/t16-,17?,18?,20-/m0/s1. The second-order valence-electron chi connectivity index (χ2n) is 9.44. The molecule has 214 valence electrons. The minimum atomic E-state index is -1.09. The molecule has 2 unspecified atom stereocenters. The molecular weight excluding hydrogens is 502 g/mol. The van der Waals surface area contributed by atoms with E-state index in [9.17, 15) is 19.2 Å². The van der Waals surface area contributed by atoms with Gasteiger partial charge in [0, 0.05) is 0 Å². The Balaban J connectivity index is 2.98. The van der Waals surface area contributed by atoms with Gasteiger partial charge in [0.05, 0.1) is 7.11 Å². The summed E-state index contributed by atoms with van der Waals surface area (Å²) >= 11 is 0. The second-order valence-corrected chi connectivity index (χ2v) is 9.44. The topological polar surface area (TPSA) is 159 Å². The lowest BCUT2D eigenvalue weighted by molar-refractivity contribution is -0.148. The highest BCUT2D eigenvalue weighted by atomic mass is 16.8. The summed E-state index contributed by atoms with van der Waals surface area (Å²) in [5.74, 6) is -0.858. The quantitative estimate of drug-likeness (QED) is 0.226. The fraction of sp³-hybridized carbons (Fsp3) is 0.615. The fourth-order valence-electron chi connectivity index (χ4n) is 2.54. The van der Waals surface area contributed by atoms with Gasteiger partial charge in [0.15, 0.2) is 11.5 Å². The average molecular weight is 542 g/mol. The third-order valence-corrected chi connectivity index (χ3v) is 5.52. The molecule has 12 nitrogen and oxygen atoms in total. The molecule has 4 atom stereocenters. The minimum absolute atomic E-state index is 0.00596. The van der Waals surface area contributed by atoms with Gasteiger partial charge in [-0.2, -0.15) is 0 Å². The van der Waals surface area contributed by atoms with E-state index in [1.165, 1.54) is 19.1 Å². The summed E-state index contributed by atoms with van der Waals surface area (Å²) in [7, 11) is 1.16. The van der Waals surface area contributed by atoms with Crippen molar-refractivity contribution in [2.45, 2.75) is 79.2 Å². The summed E-state index contributed by atoms with van der Waals surface area (Å²) in [6, 6.07) is 3.23. The molecule has 0 bridgehead atoms. The van der Waals surface area contributed by atoms with E-state index >= 15 is 0 Å². The molecule has 0 radical (unpaired) electrons. The molecule has 12 heteroatoms. The van der Waals surface area contributed by atoms with Crippen LogP contribution in [0.4, 0.5) is 14.4 Å². The smallest absolute Gasteiger partial charge is 0.461 e. The first-order valence-corrected chi connectivity index (χ1v) is 12.3. The molecule has 0 heterocycles. The van der Waals surface area contributed by atoms with Gasteiger partial charge in [-0.15, -0.1) is 0 Å². The third-order valence-electron chi connectivity index (χ3n) is 5.52. The van der Waals surface area contributed by atoms with Crippen molar-refractivity contribution in [2.75, 3.05) is 13.7 Å². The van der Waals surface area contributed by atoms with Gasteiger partial charge in [0.1, 0.15) is 31.0 Å². The lowest BCUT2D eigenvalue weighted by Crippen LogP contribution is -2.36. The van der Waals surface area contributed by atoms with Crippen LogP contribution in [0.25, 0.3) is 0 Å². The Morgan fingerprint density at radius 2 is 1.29 bits per heavy atom. The monoisotopic (exact) mass is 541 g/mol. The molecule has 0 aliphatic carbocycles. The maximum Gasteiger partial charge on any atom is 0.514 e. The van der Waals surface area contributed by atoms with Crippen molar-refractivity contribution in [3.05, 3.63) is 23.8 Å². The molecule has 0 fully saturated rings. The van der Waals surface area contributed by atoms with E-state index in [2.05, 4.69) is 4.74 Å². The highest BCUT2D eigenvalue weighted by molar-refractivity contribution is 5.76. The molecule has 0 spiro atoms. The molecule has 0 saturated heterocycles. The number of methoxy groups -OCH3 is 1. The summed E-state index contributed by atoms with van der Waals surface area (Å²) in [4.78, 5) is 48.1. The van der Waals surface area contributed by atoms with Crippen molar-refractivity contribution in [3.63, 3.8) is 0 Å². The van der Waals surface area contributed by atoms with Crippen LogP contribution >= 0.6 is 0 Å². The summed E-state index contributed by atoms with van der Waals surface area (Å²) < 4.78 is 35.3. The molecule has 0 aliphatic heterocycles. The maximum atomic E-state index is 12.4. The van der Waals surface area contributed by atoms with Gasteiger partial charge < -0.3 is 38.9 Å². The Hall–Kier alpha value is -3.54. The molecule has 0 aromatic heterocycles. The number of hydrogen-bond donors (Lipinski definition) is 1. The van der Waals surface area contributed by atoms with E-state index in [0.29, 0.717) is 5.56 Å². The van der Waals surface area contributed by atoms with E-state index in [1.807, 2.05) is 27.7 Å². The number of rotatable bonds is 12. The van der Waals surface area contributed by atoms with Crippen molar-refractivity contribution in [1.29, 1.82) is 0 Å². The van der Waals surface area contributed by atoms with Crippen LogP contribution in [0, 0.1) is 11.8 Å². The molecule has 0 amide bonds. The SMILES string of the molecule is COC(=O)O[C@@H](C)COC(=O)[C@@H](N)Cc1ccc(OC(=O)OC(C)C(C)C)c(OC(=O)OC(C)C(C)C)c1. The van der Waals surface area contributed by atoms with Gasteiger partial charge in [0.2, 0.25) is 0 Å². The Morgan fingerprint density at radius 1 is 0.763 bits per heavy atom. The van der Waals surface area contributed by atoms with Crippen LogP contribution in [-0.4, -0.2) is 62.5 Å². The second kappa shape index (κ2) is 15.7. The largest absolute Gasteiger partial charge is 0.514 e. The van der Waals surface area contributed by atoms with Gasteiger partial charge in [-0.3, -0.25) is 4.79 Å². The Bertz CT molecular complexity index is 947. The average Bonchev–Trinajstić information content (AvgIpc) is 2.83. The van der Waals surface area contributed by atoms with Crippen molar-refractivity contribution in [1.82, 2.24) is 0 Å². The van der Waals surface area contributed by atoms with Crippen LogP contribution < -0.4 is 15.2 Å². The molecular formula is C26H39NO11. The van der Waals surface area contributed by atoms with Gasteiger partial charge in [0.25, 0.3) is 0 Å². The number of carbonyl (C=O) groups excluding carboxylic acids is 4. The normalized spacial score (nSPS) is 14.1. The van der Waals surface area contributed by atoms with Gasteiger partial charge >= 0.3 is 24.4 Å². The third kappa shape index (κ3) is 11.7. The van der Waals surface area contributed by atoms with E-state index in [0.717, 1.165) is 7.11 Å². The first-order chi connectivity index (χ1) is 17.7. The number of nitrogens with two attached hydrogens (primary N) is 1. The van der Waals surface area contributed by atoms with Crippen molar-refractivity contribution in [3.8, 4) is 11.5 Å². The van der Waals surface area contributed by atoms with Crippen LogP contribution in [0.1, 0.15) is 54.0 Å². The highest BCUT2D eigenvalue weighted by Gasteiger charge is 2.23. The zero-order chi connectivity index (χ0) is 29.0. The zero-order valence-electron chi connectivity index (χ0n) is 23.2. The van der Waals surface area contributed by atoms with Crippen LogP contribution in [0.2, 0.25) is 0 Å². The van der Waals surface area contributed by atoms with Gasteiger partial charge in [-0.05, 0) is 56.7 Å². The Morgan fingerprint density at radius 3 is 1.79 bits per heavy atom. The van der Waals surface area contributed by atoms with Crippen LogP contribution in [0.5, 0.6) is 11.5 Å². The van der Waals surface area contributed by atoms with Crippen molar-refractivity contribution >= 4 is 24.4 Å². The molecule has 2 N–H and O–H groups in total. The van der Waals surface area contributed by atoms with E-state index in [1.54, 1.807) is 19.9 Å². The summed E-state index contributed by atoms with van der Waals surface area (Å²) in [6.45, 7) is 12.3. The summed E-state index contributed by atoms with van der Waals surface area (Å²) in [5, 5.41) is 0. The molecule has 0 aliphatic rings. The zero-order valence-corrected chi connectivity index (χ0v) is 23.2. The highest BCUT2D eigenvalue weighted by Crippen LogP contribution is 2.30. The number of benzene rings is 1. The van der Waals surface area contributed by atoms with E-state index < -0.39 is 48.8 Å². The molecule has 1 rings (SSSR count). The minimum Gasteiger partial charge on any atom is -0.461 e. The first kappa shape index (κ1) is 32.5.